The number of anilines is 1. The van der Waals surface area contributed by atoms with Crippen molar-refractivity contribution in [1.82, 2.24) is 15.2 Å². The van der Waals surface area contributed by atoms with Crippen molar-refractivity contribution in [3.05, 3.63) is 17.3 Å². The second-order valence-electron chi connectivity index (χ2n) is 5.27. The summed E-state index contributed by atoms with van der Waals surface area (Å²) in [4.78, 5) is 15.8. The van der Waals surface area contributed by atoms with Crippen LogP contribution in [-0.4, -0.2) is 33.8 Å². The number of H-pyrrole nitrogens is 1. The third-order valence-corrected chi connectivity index (χ3v) is 3.33. The molecule has 0 saturated heterocycles. The third kappa shape index (κ3) is 3.71. The summed E-state index contributed by atoms with van der Waals surface area (Å²) < 4.78 is 4.93. The van der Waals surface area contributed by atoms with Crippen LogP contribution in [0.25, 0.3) is 11.0 Å². The number of fused-ring (bicyclic) bond motifs is 1. The fourth-order valence-electron chi connectivity index (χ4n) is 2.36. The van der Waals surface area contributed by atoms with Crippen LogP contribution in [0, 0.1) is 13.8 Å². The first kappa shape index (κ1) is 15.3. The van der Waals surface area contributed by atoms with Crippen LogP contribution in [0.15, 0.2) is 6.07 Å². The topological polar surface area (TPSA) is 79.9 Å². The summed E-state index contributed by atoms with van der Waals surface area (Å²) >= 11 is 0. The van der Waals surface area contributed by atoms with Gasteiger partial charge in [0.1, 0.15) is 0 Å². The standard InChI is InChI=1S/C15H22N4O2/c1-5-21-12(20)7-6-10(3)16-14-13-9(2)8-11(4)17-15(13)19-18-14/h8,10H,5-7H2,1-4H3,(H2,16,17,18,19)/t10-/m0/s1. The normalized spacial score (nSPS) is 12.4. The highest BCUT2D eigenvalue weighted by Gasteiger charge is 2.13. The van der Waals surface area contributed by atoms with Gasteiger partial charge in [0, 0.05) is 18.2 Å². The lowest BCUT2D eigenvalue weighted by molar-refractivity contribution is -0.143. The summed E-state index contributed by atoms with van der Waals surface area (Å²) in [6.45, 7) is 8.27. The predicted octanol–water partition coefficient (Wildman–Crippen LogP) is 2.72. The van der Waals surface area contributed by atoms with Crippen molar-refractivity contribution in [2.75, 3.05) is 11.9 Å². The van der Waals surface area contributed by atoms with Crippen LogP contribution >= 0.6 is 0 Å². The lowest BCUT2D eigenvalue weighted by atomic mass is 10.1. The van der Waals surface area contributed by atoms with Gasteiger partial charge in [0.05, 0.1) is 12.0 Å². The number of aromatic nitrogens is 3. The third-order valence-electron chi connectivity index (χ3n) is 3.33. The van der Waals surface area contributed by atoms with Gasteiger partial charge < -0.3 is 10.1 Å². The number of nitrogens with zero attached hydrogens (tertiary/aromatic N) is 2. The summed E-state index contributed by atoms with van der Waals surface area (Å²) in [6.07, 6.45) is 1.10. The Labute approximate surface area is 124 Å². The number of ether oxygens (including phenoxy) is 1. The van der Waals surface area contributed by atoms with Gasteiger partial charge in [-0.15, -0.1) is 0 Å². The Hall–Kier alpha value is -2.11. The van der Waals surface area contributed by atoms with E-state index < -0.39 is 0 Å². The van der Waals surface area contributed by atoms with Crippen molar-refractivity contribution in [3.63, 3.8) is 0 Å². The van der Waals surface area contributed by atoms with Crippen LogP contribution in [-0.2, 0) is 9.53 Å². The Morgan fingerprint density at radius 2 is 2.24 bits per heavy atom. The molecule has 2 N–H and O–H groups in total. The van der Waals surface area contributed by atoms with Crippen molar-refractivity contribution in [3.8, 4) is 0 Å². The number of esters is 1. The Morgan fingerprint density at radius 1 is 1.48 bits per heavy atom. The maximum absolute atomic E-state index is 11.4. The second kappa shape index (κ2) is 6.56. The van der Waals surface area contributed by atoms with Gasteiger partial charge in [-0.25, -0.2) is 4.98 Å². The Morgan fingerprint density at radius 3 is 2.95 bits per heavy atom. The van der Waals surface area contributed by atoms with Crippen molar-refractivity contribution >= 4 is 22.8 Å². The summed E-state index contributed by atoms with van der Waals surface area (Å²) in [5.74, 6) is 0.623. The molecule has 0 amide bonds. The zero-order chi connectivity index (χ0) is 15.4. The zero-order valence-electron chi connectivity index (χ0n) is 13.0. The Bertz CT molecular complexity index is 636. The van der Waals surface area contributed by atoms with Gasteiger partial charge in [-0.2, -0.15) is 5.10 Å². The number of hydrogen-bond donors (Lipinski definition) is 2. The molecule has 0 spiro atoms. The van der Waals surface area contributed by atoms with E-state index in [9.17, 15) is 4.79 Å². The molecule has 0 saturated carbocycles. The zero-order valence-corrected chi connectivity index (χ0v) is 13.0. The lowest BCUT2D eigenvalue weighted by Gasteiger charge is -2.13. The molecule has 0 aliphatic heterocycles. The summed E-state index contributed by atoms with van der Waals surface area (Å²) in [6, 6.07) is 2.16. The molecule has 0 aliphatic rings. The summed E-state index contributed by atoms with van der Waals surface area (Å²) in [5, 5.41) is 11.6. The summed E-state index contributed by atoms with van der Waals surface area (Å²) in [7, 11) is 0. The van der Waals surface area contributed by atoms with E-state index in [0.29, 0.717) is 19.4 Å². The van der Waals surface area contributed by atoms with Crippen molar-refractivity contribution in [1.29, 1.82) is 0 Å². The largest absolute Gasteiger partial charge is 0.466 e. The number of rotatable bonds is 6. The second-order valence-corrected chi connectivity index (χ2v) is 5.27. The number of pyridine rings is 1. The van der Waals surface area contributed by atoms with Gasteiger partial charge in [0.15, 0.2) is 11.5 Å². The van der Waals surface area contributed by atoms with Crippen LogP contribution in [0.3, 0.4) is 0 Å². The predicted molar refractivity (Wildman–Crippen MR) is 82.3 cm³/mol. The number of nitrogens with one attached hydrogen (secondary N) is 2. The minimum absolute atomic E-state index is 0.126. The molecular weight excluding hydrogens is 268 g/mol. The maximum atomic E-state index is 11.4. The van der Waals surface area contributed by atoms with Gasteiger partial charge in [-0.1, -0.05) is 0 Å². The molecule has 1 atom stereocenters. The maximum Gasteiger partial charge on any atom is 0.305 e. The average molecular weight is 290 g/mol. The monoisotopic (exact) mass is 290 g/mol. The SMILES string of the molecule is CCOC(=O)CC[C@H](C)Nc1n[nH]c2nc(C)cc(C)c12. The minimum atomic E-state index is -0.161. The van der Waals surface area contributed by atoms with Gasteiger partial charge in [-0.3, -0.25) is 9.89 Å². The first-order valence-corrected chi connectivity index (χ1v) is 7.25. The highest BCUT2D eigenvalue weighted by molar-refractivity contribution is 5.90. The molecule has 2 aromatic heterocycles. The quantitative estimate of drug-likeness (QED) is 0.800. The van der Waals surface area contributed by atoms with E-state index >= 15 is 0 Å². The molecular formula is C15H22N4O2. The molecule has 6 heteroatoms. The number of carbonyl (C=O) groups excluding carboxylic acids is 1. The molecule has 0 fully saturated rings. The summed E-state index contributed by atoms with van der Waals surface area (Å²) in [5.41, 5.74) is 2.88. The molecule has 114 valence electrons. The van der Waals surface area contributed by atoms with Crippen molar-refractivity contribution < 1.29 is 9.53 Å². The molecule has 6 nitrogen and oxygen atoms in total. The molecule has 0 aliphatic carbocycles. The van der Waals surface area contributed by atoms with Gasteiger partial charge in [-0.05, 0) is 45.7 Å². The minimum Gasteiger partial charge on any atom is -0.466 e. The Balaban J connectivity index is 2.04. The highest BCUT2D eigenvalue weighted by atomic mass is 16.5. The fourth-order valence-corrected chi connectivity index (χ4v) is 2.36. The van der Waals surface area contributed by atoms with E-state index in [4.69, 9.17) is 4.74 Å². The van der Waals surface area contributed by atoms with Crippen LogP contribution in [0.2, 0.25) is 0 Å². The van der Waals surface area contributed by atoms with Gasteiger partial charge in [0.2, 0.25) is 0 Å². The van der Waals surface area contributed by atoms with Crippen LogP contribution in [0.4, 0.5) is 5.82 Å². The van der Waals surface area contributed by atoms with E-state index in [-0.39, 0.29) is 12.0 Å². The first-order valence-electron chi connectivity index (χ1n) is 7.25. The molecule has 2 rings (SSSR count). The van der Waals surface area contributed by atoms with Crippen LogP contribution < -0.4 is 5.32 Å². The number of aromatic amines is 1. The van der Waals surface area contributed by atoms with Crippen molar-refractivity contribution in [2.45, 2.75) is 46.6 Å². The molecule has 0 radical (unpaired) electrons. The van der Waals surface area contributed by atoms with Crippen LogP contribution in [0.5, 0.6) is 0 Å². The van der Waals surface area contributed by atoms with E-state index in [1.165, 1.54) is 0 Å². The van der Waals surface area contributed by atoms with E-state index in [1.54, 1.807) is 0 Å². The van der Waals surface area contributed by atoms with Gasteiger partial charge in [0.25, 0.3) is 0 Å². The van der Waals surface area contributed by atoms with E-state index in [2.05, 4.69) is 20.5 Å². The number of carbonyl (C=O) groups is 1. The molecule has 0 aromatic carbocycles. The molecule has 0 bridgehead atoms. The van der Waals surface area contributed by atoms with Crippen molar-refractivity contribution in [2.24, 2.45) is 0 Å². The molecule has 2 heterocycles. The average Bonchev–Trinajstić information content (AvgIpc) is 2.80. The number of hydrogen-bond acceptors (Lipinski definition) is 5. The molecule has 2 aromatic rings. The van der Waals surface area contributed by atoms with Crippen LogP contribution in [0.1, 0.15) is 37.9 Å². The molecule has 21 heavy (non-hydrogen) atoms. The Kier molecular flexibility index (Phi) is 4.77. The highest BCUT2D eigenvalue weighted by Crippen LogP contribution is 2.24. The van der Waals surface area contributed by atoms with E-state index in [0.717, 1.165) is 28.1 Å². The lowest BCUT2D eigenvalue weighted by Crippen LogP contribution is -2.18. The molecule has 0 unspecified atom stereocenters. The number of aryl methyl sites for hydroxylation is 2. The van der Waals surface area contributed by atoms with Gasteiger partial charge >= 0.3 is 5.97 Å². The first-order chi connectivity index (χ1) is 10.0. The van der Waals surface area contributed by atoms with E-state index in [1.807, 2.05) is 33.8 Å². The smallest absolute Gasteiger partial charge is 0.305 e. The fraction of sp³-hybridized carbons (Fsp3) is 0.533.